The molecule has 3 N–H and O–H groups in total. The summed E-state index contributed by atoms with van der Waals surface area (Å²) in [5, 5.41) is 17.7. The van der Waals surface area contributed by atoms with Crippen molar-refractivity contribution in [3.8, 4) is 28.6 Å². The monoisotopic (exact) mass is 257 g/mol. The standard InChI is InChI=1S/C12H11N5O2/c1-17-6-7(5-14-17)11-15-12(19-16-11)9-3-2-8(13)4-10(9)18/h2-6,18H,13H2,1H3. The number of anilines is 1. The summed E-state index contributed by atoms with van der Waals surface area (Å²) in [6.45, 7) is 0. The molecule has 3 rings (SSSR count). The van der Waals surface area contributed by atoms with Gasteiger partial charge in [-0.3, -0.25) is 4.68 Å². The van der Waals surface area contributed by atoms with Gasteiger partial charge in [-0.15, -0.1) is 0 Å². The number of nitrogens with two attached hydrogens (primary N) is 1. The predicted octanol–water partition coefficient (Wildman–Crippen LogP) is 1.42. The quantitative estimate of drug-likeness (QED) is 0.673. The number of nitrogen functional groups attached to an aromatic ring is 1. The number of phenolic OH excluding ortho intramolecular Hbond substituents is 1. The van der Waals surface area contributed by atoms with E-state index in [4.69, 9.17) is 10.3 Å². The van der Waals surface area contributed by atoms with E-state index in [1.54, 1.807) is 36.3 Å². The highest BCUT2D eigenvalue weighted by molar-refractivity contribution is 5.67. The Hall–Kier alpha value is -2.83. The molecular formula is C12H11N5O2. The summed E-state index contributed by atoms with van der Waals surface area (Å²) in [5.74, 6) is 0.650. The summed E-state index contributed by atoms with van der Waals surface area (Å²) < 4.78 is 6.78. The zero-order chi connectivity index (χ0) is 13.4. The van der Waals surface area contributed by atoms with E-state index in [0.29, 0.717) is 17.1 Å². The van der Waals surface area contributed by atoms with Crippen molar-refractivity contribution in [1.29, 1.82) is 0 Å². The number of phenols is 1. The van der Waals surface area contributed by atoms with Gasteiger partial charge in [0.1, 0.15) is 5.75 Å². The van der Waals surface area contributed by atoms with Gasteiger partial charge in [-0.25, -0.2) is 0 Å². The van der Waals surface area contributed by atoms with Gasteiger partial charge in [0.2, 0.25) is 5.82 Å². The van der Waals surface area contributed by atoms with Crippen LogP contribution in [-0.4, -0.2) is 25.0 Å². The van der Waals surface area contributed by atoms with Gasteiger partial charge in [0.25, 0.3) is 5.89 Å². The zero-order valence-corrected chi connectivity index (χ0v) is 10.1. The first-order chi connectivity index (χ1) is 9.13. The Labute approximate surface area is 108 Å². The van der Waals surface area contributed by atoms with Crippen LogP contribution in [0.25, 0.3) is 22.8 Å². The van der Waals surface area contributed by atoms with Crippen molar-refractivity contribution < 1.29 is 9.63 Å². The molecule has 0 fully saturated rings. The first-order valence-electron chi connectivity index (χ1n) is 5.55. The van der Waals surface area contributed by atoms with Crippen molar-refractivity contribution >= 4 is 5.69 Å². The summed E-state index contributed by atoms with van der Waals surface area (Å²) in [6, 6.07) is 4.72. The maximum Gasteiger partial charge on any atom is 0.262 e. The highest BCUT2D eigenvalue weighted by Gasteiger charge is 2.14. The van der Waals surface area contributed by atoms with E-state index in [2.05, 4.69) is 15.2 Å². The molecule has 1 aromatic carbocycles. The second kappa shape index (κ2) is 4.13. The Kier molecular flexibility index (Phi) is 2.45. The van der Waals surface area contributed by atoms with Crippen molar-refractivity contribution in [3.05, 3.63) is 30.6 Å². The Morgan fingerprint density at radius 3 is 2.89 bits per heavy atom. The Bertz CT molecular complexity index is 731. The number of hydrogen-bond donors (Lipinski definition) is 2. The summed E-state index contributed by atoms with van der Waals surface area (Å²) in [5.41, 5.74) is 7.22. The molecule has 7 nitrogen and oxygen atoms in total. The van der Waals surface area contributed by atoms with Crippen LogP contribution in [0.15, 0.2) is 35.1 Å². The Balaban J connectivity index is 2.01. The lowest BCUT2D eigenvalue weighted by Crippen LogP contribution is -1.86. The minimum Gasteiger partial charge on any atom is -0.507 e. The normalized spacial score (nSPS) is 10.8. The fourth-order valence-electron chi connectivity index (χ4n) is 1.72. The smallest absolute Gasteiger partial charge is 0.262 e. The number of aryl methyl sites for hydroxylation is 1. The fraction of sp³-hybridized carbons (Fsp3) is 0.0833. The van der Waals surface area contributed by atoms with Crippen molar-refractivity contribution in [3.63, 3.8) is 0 Å². The van der Waals surface area contributed by atoms with Gasteiger partial charge in [-0.1, -0.05) is 5.16 Å². The molecule has 19 heavy (non-hydrogen) atoms. The van der Waals surface area contributed by atoms with E-state index in [9.17, 15) is 5.11 Å². The summed E-state index contributed by atoms with van der Waals surface area (Å²) in [4.78, 5) is 4.22. The lowest BCUT2D eigenvalue weighted by atomic mass is 10.2. The number of rotatable bonds is 2. The molecule has 0 unspecified atom stereocenters. The second-order valence-corrected chi connectivity index (χ2v) is 4.10. The zero-order valence-electron chi connectivity index (χ0n) is 10.1. The molecule has 7 heteroatoms. The molecule has 96 valence electrons. The van der Waals surface area contributed by atoms with Crippen molar-refractivity contribution in [2.45, 2.75) is 0 Å². The number of nitrogens with zero attached hydrogens (tertiary/aromatic N) is 4. The van der Waals surface area contributed by atoms with E-state index < -0.39 is 0 Å². The van der Waals surface area contributed by atoms with Gasteiger partial charge >= 0.3 is 0 Å². The molecule has 0 saturated carbocycles. The Morgan fingerprint density at radius 2 is 2.21 bits per heavy atom. The van der Waals surface area contributed by atoms with E-state index in [-0.39, 0.29) is 11.6 Å². The number of aromatic nitrogens is 4. The van der Waals surface area contributed by atoms with Gasteiger partial charge in [0, 0.05) is 25.0 Å². The molecule has 0 radical (unpaired) electrons. The Morgan fingerprint density at radius 1 is 1.37 bits per heavy atom. The molecule has 0 spiro atoms. The van der Waals surface area contributed by atoms with E-state index in [1.165, 1.54) is 6.07 Å². The molecule has 0 amide bonds. The summed E-state index contributed by atoms with van der Waals surface area (Å²) in [7, 11) is 1.80. The number of aromatic hydroxyl groups is 1. The molecule has 0 bridgehead atoms. The molecule has 2 heterocycles. The predicted molar refractivity (Wildman–Crippen MR) is 68.0 cm³/mol. The summed E-state index contributed by atoms with van der Waals surface area (Å²) in [6.07, 6.45) is 3.41. The van der Waals surface area contributed by atoms with Gasteiger partial charge in [-0.05, 0) is 12.1 Å². The number of hydrogen-bond acceptors (Lipinski definition) is 6. The van der Waals surface area contributed by atoms with Crippen LogP contribution in [0.4, 0.5) is 5.69 Å². The fourth-order valence-corrected chi connectivity index (χ4v) is 1.72. The maximum atomic E-state index is 9.80. The van der Waals surface area contributed by atoms with Crippen LogP contribution in [0.5, 0.6) is 5.75 Å². The molecule has 0 aliphatic rings. The first kappa shape index (κ1) is 11.3. The largest absolute Gasteiger partial charge is 0.507 e. The molecule has 0 saturated heterocycles. The van der Waals surface area contributed by atoms with Crippen LogP contribution in [-0.2, 0) is 7.05 Å². The van der Waals surface area contributed by atoms with Crippen LogP contribution < -0.4 is 5.73 Å². The van der Waals surface area contributed by atoms with E-state index in [1.807, 2.05) is 0 Å². The molecule has 3 aromatic rings. The lowest BCUT2D eigenvalue weighted by molar-refractivity contribution is 0.426. The second-order valence-electron chi connectivity index (χ2n) is 4.10. The molecule has 0 aliphatic heterocycles. The van der Waals surface area contributed by atoms with E-state index in [0.717, 1.165) is 5.56 Å². The van der Waals surface area contributed by atoms with Crippen LogP contribution in [0.2, 0.25) is 0 Å². The van der Waals surface area contributed by atoms with Crippen molar-refractivity contribution in [2.75, 3.05) is 5.73 Å². The third-order valence-corrected chi connectivity index (χ3v) is 2.64. The summed E-state index contributed by atoms with van der Waals surface area (Å²) >= 11 is 0. The maximum absolute atomic E-state index is 9.80. The van der Waals surface area contributed by atoms with Gasteiger partial charge in [0.05, 0.1) is 17.3 Å². The molecule has 0 aliphatic carbocycles. The third kappa shape index (κ3) is 2.01. The average Bonchev–Trinajstić information content (AvgIpc) is 2.97. The molecular weight excluding hydrogens is 246 g/mol. The SMILES string of the molecule is Cn1cc(-c2noc(-c3ccc(N)cc3O)n2)cn1. The first-order valence-corrected chi connectivity index (χ1v) is 5.55. The van der Waals surface area contributed by atoms with Crippen molar-refractivity contribution in [2.24, 2.45) is 7.05 Å². The number of benzene rings is 1. The van der Waals surface area contributed by atoms with Crippen LogP contribution in [0.3, 0.4) is 0 Å². The topological polar surface area (TPSA) is 103 Å². The van der Waals surface area contributed by atoms with Gasteiger partial charge < -0.3 is 15.4 Å². The highest BCUT2D eigenvalue weighted by atomic mass is 16.5. The third-order valence-electron chi connectivity index (χ3n) is 2.64. The molecule has 0 atom stereocenters. The van der Waals surface area contributed by atoms with Gasteiger partial charge in [-0.2, -0.15) is 10.1 Å². The highest BCUT2D eigenvalue weighted by Crippen LogP contribution is 2.30. The van der Waals surface area contributed by atoms with Crippen LogP contribution in [0.1, 0.15) is 0 Å². The van der Waals surface area contributed by atoms with Crippen molar-refractivity contribution in [1.82, 2.24) is 19.9 Å². The van der Waals surface area contributed by atoms with Crippen LogP contribution >= 0.6 is 0 Å². The molecule has 2 aromatic heterocycles. The lowest BCUT2D eigenvalue weighted by Gasteiger charge is -1.99. The average molecular weight is 257 g/mol. The minimum absolute atomic E-state index is 0.00128. The van der Waals surface area contributed by atoms with Crippen LogP contribution in [0, 0.1) is 0 Å². The van der Waals surface area contributed by atoms with Gasteiger partial charge in [0.15, 0.2) is 0 Å². The van der Waals surface area contributed by atoms with E-state index >= 15 is 0 Å². The minimum atomic E-state index is 0.00128.